The summed E-state index contributed by atoms with van der Waals surface area (Å²) in [5.74, 6) is 0.692. The first kappa shape index (κ1) is 22.6. The Balaban J connectivity index is 1.77. The molecule has 2 atom stereocenters. The summed E-state index contributed by atoms with van der Waals surface area (Å²) in [5.41, 5.74) is 6.15. The summed E-state index contributed by atoms with van der Waals surface area (Å²) in [6, 6.07) is 0.153. The van der Waals surface area contributed by atoms with Crippen LogP contribution in [0.15, 0.2) is 0 Å². The molecule has 1 heterocycles. The summed E-state index contributed by atoms with van der Waals surface area (Å²) in [7, 11) is 0. The number of nitrogens with two attached hydrogens (primary N) is 1. The number of carbonyl (C=O) groups is 1. The summed E-state index contributed by atoms with van der Waals surface area (Å²) in [4.78, 5) is 14.9. The van der Waals surface area contributed by atoms with E-state index in [1.54, 1.807) is 0 Å². The van der Waals surface area contributed by atoms with Gasteiger partial charge in [0.05, 0.1) is 31.5 Å². The van der Waals surface area contributed by atoms with Crippen LogP contribution in [0.1, 0.15) is 65.7 Å². The first-order valence-corrected chi connectivity index (χ1v) is 10.8. The molecule has 27 heavy (non-hydrogen) atoms. The molecule has 1 unspecified atom stereocenters. The predicted molar refractivity (Wildman–Crippen MR) is 109 cm³/mol. The van der Waals surface area contributed by atoms with Crippen molar-refractivity contribution >= 4 is 5.91 Å². The fourth-order valence-corrected chi connectivity index (χ4v) is 3.98. The number of nitrogens with one attached hydrogen (secondary N) is 1. The van der Waals surface area contributed by atoms with Gasteiger partial charge in [-0.15, -0.1) is 0 Å². The van der Waals surface area contributed by atoms with E-state index >= 15 is 0 Å². The molecule has 1 aliphatic heterocycles. The topological polar surface area (TPSA) is 76.8 Å². The zero-order chi connectivity index (χ0) is 19.7. The van der Waals surface area contributed by atoms with Crippen LogP contribution in [0, 0.1) is 5.92 Å². The lowest BCUT2D eigenvalue weighted by atomic mass is 9.82. The zero-order valence-electron chi connectivity index (χ0n) is 17.7. The number of nitrogens with zero attached hydrogens (tertiary/aromatic N) is 1. The van der Waals surface area contributed by atoms with Crippen LogP contribution >= 0.6 is 0 Å². The second-order valence-corrected chi connectivity index (χ2v) is 9.20. The molecule has 0 bridgehead atoms. The van der Waals surface area contributed by atoms with Crippen LogP contribution in [0.2, 0.25) is 0 Å². The van der Waals surface area contributed by atoms with Gasteiger partial charge in [0.1, 0.15) is 0 Å². The van der Waals surface area contributed by atoms with E-state index in [1.165, 1.54) is 32.1 Å². The molecular formula is C21H41N3O3. The molecule has 0 spiro atoms. The van der Waals surface area contributed by atoms with Crippen LogP contribution in [-0.2, 0) is 14.3 Å². The molecule has 158 valence electrons. The molecule has 6 nitrogen and oxygen atoms in total. The summed E-state index contributed by atoms with van der Waals surface area (Å²) in [5, 5.41) is 3.19. The lowest BCUT2D eigenvalue weighted by Crippen LogP contribution is -2.50. The maximum Gasteiger partial charge on any atom is 0.220 e. The standard InChI is InChI=1S/C21H41N3O3/c1-21(2,3)27-16-18(15-24-11-13-26-14-12-24)23-20(25)10-9-19(22)17-7-5-4-6-8-17/h17-19H,4-16,22H2,1-3H3,(H,23,25)/t18?,19-/m0/s1. The Hall–Kier alpha value is -0.690. The molecular weight excluding hydrogens is 342 g/mol. The third-order valence-corrected chi connectivity index (χ3v) is 5.62. The molecule has 1 saturated carbocycles. The molecule has 2 rings (SSSR count). The third-order valence-electron chi connectivity index (χ3n) is 5.62. The van der Waals surface area contributed by atoms with Crippen molar-refractivity contribution in [1.29, 1.82) is 0 Å². The molecule has 0 aromatic rings. The number of rotatable bonds is 9. The molecule has 6 heteroatoms. The average molecular weight is 384 g/mol. The van der Waals surface area contributed by atoms with Crippen molar-refractivity contribution in [2.24, 2.45) is 11.7 Å². The van der Waals surface area contributed by atoms with E-state index in [-0.39, 0.29) is 23.6 Å². The monoisotopic (exact) mass is 383 g/mol. The van der Waals surface area contributed by atoms with Gasteiger partial charge in [0.25, 0.3) is 0 Å². The van der Waals surface area contributed by atoms with E-state index in [4.69, 9.17) is 15.2 Å². The average Bonchev–Trinajstić information content (AvgIpc) is 2.65. The maximum absolute atomic E-state index is 12.5. The highest BCUT2D eigenvalue weighted by Gasteiger charge is 2.24. The summed E-state index contributed by atoms with van der Waals surface area (Å²) < 4.78 is 11.4. The van der Waals surface area contributed by atoms with E-state index in [0.29, 0.717) is 18.9 Å². The minimum absolute atomic E-state index is 0.000676. The van der Waals surface area contributed by atoms with Crippen LogP contribution in [-0.4, -0.2) is 67.9 Å². The maximum atomic E-state index is 12.5. The highest BCUT2D eigenvalue weighted by Crippen LogP contribution is 2.27. The third kappa shape index (κ3) is 9.37. The van der Waals surface area contributed by atoms with Crippen molar-refractivity contribution < 1.29 is 14.3 Å². The van der Waals surface area contributed by atoms with Crippen molar-refractivity contribution in [3.8, 4) is 0 Å². The van der Waals surface area contributed by atoms with Gasteiger partial charge in [-0.3, -0.25) is 9.69 Å². The van der Waals surface area contributed by atoms with E-state index in [1.807, 2.05) is 20.8 Å². The fourth-order valence-electron chi connectivity index (χ4n) is 3.98. The lowest BCUT2D eigenvalue weighted by Gasteiger charge is -2.32. The van der Waals surface area contributed by atoms with Crippen molar-refractivity contribution in [3.05, 3.63) is 0 Å². The quantitative estimate of drug-likeness (QED) is 0.639. The summed E-state index contributed by atoms with van der Waals surface area (Å²) in [6.07, 6.45) is 7.64. The lowest BCUT2D eigenvalue weighted by molar-refractivity contribution is -0.123. The van der Waals surface area contributed by atoms with E-state index in [0.717, 1.165) is 39.3 Å². The van der Waals surface area contributed by atoms with Crippen LogP contribution in [0.4, 0.5) is 0 Å². The normalized spacial score (nSPS) is 22.4. The van der Waals surface area contributed by atoms with Gasteiger partial charge in [-0.25, -0.2) is 0 Å². The minimum atomic E-state index is -0.211. The zero-order valence-corrected chi connectivity index (χ0v) is 17.7. The van der Waals surface area contributed by atoms with Gasteiger partial charge in [-0.05, 0) is 46.0 Å². The molecule has 2 aliphatic rings. The highest BCUT2D eigenvalue weighted by molar-refractivity contribution is 5.76. The SMILES string of the molecule is CC(C)(C)OCC(CN1CCOCC1)NC(=O)CC[C@H](N)C1CCCCC1. The summed E-state index contributed by atoms with van der Waals surface area (Å²) >= 11 is 0. The van der Waals surface area contributed by atoms with E-state index in [9.17, 15) is 4.79 Å². The van der Waals surface area contributed by atoms with Gasteiger partial charge in [0.2, 0.25) is 5.91 Å². The van der Waals surface area contributed by atoms with Crippen LogP contribution < -0.4 is 11.1 Å². The Kier molecular flexibility index (Phi) is 9.50. The number of morpholine rings is 1. The molecule has 1 amide bonds. The van der Waals surface area contributed by atoms with Gasteiger partial charge in [0, 0.05) is 32.1 Å². The number of ether oxygens (including phenoxy) is 2. The largest absolute Gasteiger partial charge is 0.379 e. The van der Waals surface area contributed by atoms with Crippen LogP contribution in [0.5, 0.6) is 0 Å². The first-order valence-electron chi connectivity index (χ1n) is 10.8. The van der Waals surface area contributed by atoms with Gasteiger partial charge in [-0.2, -0.15) is 0 Å². The highest BCUT2D eigenvalue weighted by atomic mass is 16.5. The van der Waals surface area contributed by atoms with Crippen LogP contribution in [0.3, 0.4) is 0 Å². The molecule has 0 aromatic carbocycles. The number of hydrogen-bond acceptors (Lipinski definition) is 5. The van der Waals surface area contributed by atoms with Gasteiger partial charge >= 0.3 is 0 Å². The number of carbonyl (C=O) groups excluding carboxylic acids is 1. The Morgan fingerprint density at radius 2 is 1.89 bits per heavy atom. The molecule has 2 fully saturated rings. The van der Waals surface area contributed by atoms with Crippen molar-refractivity contribution in [2.75, 3.05) is 39.5 Å². The second-order valence-electron chi connectivity index (χ2n) is 9.20. The Morgan fingerprint density at radius 1 is 1.22 bits per heavy atom. The fraction of sp³-hybridized carbons (Fsp3) is 0.952. The molecule has 0 aromatic heterocycles. The molecule has 1 saturated heterocycles. The van der Waals surface area contributed by atoms with Gasteiger partial charge in [0.15, 0.2) is 0 Å². The van der Waals surface area contributed by atoms with Gasteiger partial charge in [-0.1, -0.05) is 19.3 Å². The van der Waals surface area contributed by atoms with Crippen molar-refractivity contribution in [1.82, 2.24) is 10.2 Å². The molecule has 1 aliphatic carbocycles. The molecule has 3 N–H and O–H groups in total. The second kappa shape index (κ2) is 11.3. The van der Waals surface area contributed by atoms with Crippen LogP contribution in [0.25, 0.3) is 0 Å². The Labute approximate surface area is 165 Å². The summed E-state index contributed by atoms with van der Waals surface area (Å²) in [6.45, 7) is 10.8. The van der Waals surface area contributed by atoms with Gasteiger partial charge < -0.3 is 20.5 Å². The van der Waals surface area contributed by atoms with E-state index in [2.05, 4.69) is 10.2 Å². The Morgan fingerprint density at radius 3 is 2.52 bits per heavy atom. The first-order chi connectivity index (χ1) is 12.8. The van der Waals surface area contributed by atoms with Crippen molar-refractivity contribution in [2.45, 2.75) is 83.4 Å². The number of hydrogen-bond donors (Lipinski definition) is 2. The minimum Gasteiger partial charge on any atom is -0.379 e. The van der Waals surface area contributed by atoms with E-state index < -0.39 is 0 Å². The predicted octanol–water partition coefficient (Wildman–Crippen LogP) is 2.31. The molecule has 0 radical (unpaired) electrons. The smallest absolute Gasteiger partial charge is 0.220 e. The Bertz CT molecular complexity index is 427. The number of amides is 1. The van der Waals surface area contributed by atoms with Crippen molar-refractivity contribution in [3.63, 3.8) is 0 Å².